The van der Waals surface area contributed by atoms with Crippen LogP contribution in [0.3, 0.4) is 0 Å². The molecule has 1 saturated carbocycles. The molecule has 2 atom stereocenters. The van der Waals surface area contributed by atoms with Crippen LogP contribution in [0.25, 0.3) is 0 Å². The lowest BCUT2D eigenvalue weighted by Gasteiger charge is -2.18. The summed E-state index contributed by atoms with van der Waals surface area (Å²) in [5.41, 5.74) is 8.15. The van der Waals surface area contributed by atoms with E-state index >= 15 is 0 Å². The maximum Gasteiger partial charge on any atom is 0.223 e. The lowest BCUT2D eigenvalue weighted by Crippen LogP contribution is -2.35. The van der Waals surface area contributed by atoms with E-state index in [2.05, 4.69) is 29.1 Å². The molecule has 1 aliphatic carbocycles. The van der Waals surface area contributed by atoms with E-state index in [1.165, 1.54) is 6.42 Å². The maximum absolute atomic E-state index is 6.04. The van der Waals surface area contributed by atoms with E-state index in [9.17, 15) is 0 Å². The summed E-state index contributed by atoms with van der Waals surface area (Å²) < 4.78 is 0. The molecule has 0 saturated heterocycles. The lowest BCUT2D eigenvalue weighted by molar-refractivity contribution is 0.631. The zero-order valence-electron chi connectivity index (χ0n) is 10.9. The van der Waals surface area contributed by atoms with Crippen LogP contribution in [-0.2, 0) is 0 Å². The van der Waals surface area contributed by atoms with Crippen LogP contribution in [0, 0.1) is 6.92 Å². The minimum absolute atomic E-state index is 0.238. The van der Waals surface area contributed by atoms with Gasteiger partial charge in [0.25, 0.3) is 0 Å². The average Bonchev–Trinajstić information content (AvgIpc) is 2.63. The van der Waals surface area contributed by atoms with E-state index in [-0.39, 0.29) is 6.04 Å². The van der Waals surface area contributed by atoms with Crippen LogP contribution in [0.2, 0.25) is 0 Å². The van der Waals surface area contributed by atoms with Gasteiger partial charge in [0, 0.05) is 23.5 Å². The number of nitrogens with two attached hydrogens (primary N) is 1. The molecule has 4 heteroatoms. The third-order valence-corrected chi connectivity index (χ3v) is 3.35. The van der Waals surface area contributed by atoms with E-state index in [0.29, 0.717) is 12.0 Å². The van der Waals surface area contributed by atoms with E-state index in [0.717, 1.165) is 30.2 Å². The van der Waals surface area contributed by atoms with E-state index in [4.69, 9.17) is 5.73 Å². The minimum Gasteiger partial charge on any atom is -0.350 e. The summed E-state index contributed by atoms with van der Waals surface area (Å²) in [6.07, 6.45) is 3.41. The molecule has 1 fully saturated rings. The monoisotopic (exact) mass is 234 g/mol. The number of hydrogen-bond acceptors (Lipinski definition) is 4. The maximum atomic E-state index is 6.04. The van der Waals surface area contributed by atoms with Gasteiger partial charge in [-0.25, -0.2) is 9.97 Å². The SMILES string of the molecule is Cc1cc(C(C)C)nc(NC2CCCC2N)n1. The Morgan fingerprint density at radius 1 is 1.35 bits per heavy atom. The average molecular weight is 234 g/mol. The van der Waals surface area contributed by atoms with Gasteiger partial charge in [-0.1, -0.05) is 13.8 Å². The molecule has 0 radical (unpaired) electrons. The highest BCUT2D eigenvalue weighted by Gasteiger charge is 2.24. The molecule has 2 rings (SSSR count). The van der Waals surface area contributed by atoms with Crippen molar-refractivity contribution >= 4 is 5.95 Å². The van der Waals surface area contributed by atoms with Gasteiger partial charge < -0.3 is 11.1 Å². The van der Waals surface area contributed by atoms with Crippen molar-refractivity contribution in [3.8, 4) is 0 Å². The predicted octanol–water partition coefficient (Wildman–Crippen LogP) is 2.20. The van der Waals surface area contributed by atoms with Crippen molar-refractivity contribution in [1.82, 2.24) is 9.97 Å². The number of hydrogen-bond donors (Lipinski definition) is 2. The van der Waals surface area contributed by atoms with E-state index < -0.39 is 0 Å². The normalized spacial score (nSPS) is 24.3. The van der Waals surface area contributed by atoms with Crippen molar-refractivity contribution < 1.29 is 0 Å². The van der Waals surface area contributed by atoms with Crippen molar-refractivity contribution in [2.24, 2.45) is 5.73 Å². The molecule has 17 heavy (non-hydrogen) atoms. The van der Waals surface area contributed by atoms with Crippen LogP contribution in [0.1, 0.15) is 50.4 Å². The van der Waals surface area contributed by atoms with Crippen molar-refractivity contribution in [1.29, 1.82) is 0 Å². The fraction of sp³-hybridized carbons (Fsp3) is 0.692. The molecular weight excluding hydrogens is 212 g/mol. The summed E-state index contributed by atoms with van der Waals surface area (Å²) in [4.78, 5) is 8.99. The van der Waals surface area contributed by atoms with Gasteiger partial charge >= 0.3 is 0 Å². The van der Waals surface area contributed by atoms with E-state index in [1.54, 1.807) is 0 Å². The van der Waals surface area contributed by atoms with Gasteiger partial charge in [0.05, 0.1) is 0 Å². The van der Waals surface area contributed by atoms with Crippen molar-refractivity contribution in [3.63, 3.8) is 0 Å². The van der Waals surface area contributed by atoms with E-state index in [1.807, 2.05) is 13.0 Å². The highest BCUT2D eigenvalue weighted by molar-refractivity contribution is 5.31. The Morgan fingerprint density at radius 2 is 2.12 bits per heavy atom. The van der Waals surface area contributed by atoms with Gasteiger partial charge in [-0.15, -0.1) is 0 Å². The second kappa shape index (κ2) is 5.00. The molecule has 3 N–H and O–H groups in total. The third-order valence-electron chi connectivity index (χ3n) is 3.35. The summed E-state index contributed by atoms with van der Waals surface area (Å²) in [5.74, 6) is 1.16. The molecule has 0 aliphatic heterocycles. The van der Waals surface area contributed by atoms with Gasteiger partial charge in [-0.2, -0.15) is 0 Å². The highest BCUT2D eigenvalue weighted by atomic mass is 15.1. The largest absolute Gasteiger partial charge is 0.350 e. The molecule has 1 aromatic heterocycles. The van der Waals surface area contributed by atoms with Crippen molar-refractivity contribution in [3.05, 3.63) is 17.5 Å². The summed E-state index contributed by atoms with van der Waals surface area (Å²) in [6, 6.07) is 2.61. The van der Waals surface area contributed by atoms with Crippen LogP contribution in [-0.4, -0.2) is 22.1 Å². The minimum atomic E-state index is 0.238. The fourth-order valence-electron chi connectivity index (χ4n) is 2.29. The topological polar surface area (TPSA) is 63.8 Å². The zero-order chi connectivity index (χ0) is 12.4. The van der Waals surface area contributed by atoms with Crippen LogP contribution in [0.15, 0.2) is 6.07 Å². The first kappa shape index (κ1) is 12.3. The Kier molecular flexibility index (Phi) is 3.62. The van der Waals surface area contributed by atoms with Gasteiger partial charge in [0.1, 0.15) is 0 Å². The van der Waals surface area contributed by atoms with Crippen molar-refractivity contribution in [2.75, 3.05) is 5.32 Å². The van der Waals surface area contributed by atoms with Gasteiger partial charge in [0.2, 0.25) is 5.95 Å². The molecule has 0 amide bonds. The van der Waals surface area contributed by atoms with Crippen LogP contribution in [0.5, 0.6) is 0 Å². The standard InChI is InChI=1S/C13H22N4/c1-8(2)12-7-9(3)15-13(17-12)16-11-6-4-5-10(11)14/h7-8,10-11H,4-6,14H2,1-3H3,(H,15,16,17). The van der Waals surface area contributed by atoms with Gasteiger partial charge in [0.15, 0.2) is 0 Å². The molecule has 1 heterocycles. The molecular formula is C13H22N4. The molecule has 4 nitrogen and oxygen atoms in total. The number of rotatable bonds is 3. The molecule has 2 unspecified atom stereocenters. The summed E-state index contributed by atoms with van der Waals surface area (Å²) in [6.45, 7) is 6.30. The highest BCUT2D eigenvalue weighted by Crippen LogP contribution is 2.21. The van der Waals surface area contributed by atoms with Crippen LogP contribution < -0.4 is 11.1 Å². The number of nitrogens with one attached hydrogen (secondary N) is 1. The molecule has 0 spiro atoms. The summed E-state index contributed by atoms with van der Waals surface area (Å²) in [5, 5.41) is 3.38. The number of aromatic nitrogens is 2. The lowest BCUT2D eigenvalue weighted by atomic mass is 10.1. The molecule has 0 aromatic carbocycles. The zero-order valence-corrected chi connectivity index (χ0v) is 10.9. The third kappa shape index (κ3) is 2.94. The first-order valence-electron chi connectivity index (χ1n) is 6.44. The second-order valence-electron chi connectivity index (χ2n) is 5.26. The van der Waals surface area contributed by atoms with Crippen LogP contribution >= 0.6 is 0 Å². The Morgan fingerprint density at radius 3 is 2.71 bits per heavy atom. The smallest absolute Gasteiger partial charge is 0.223 e. The van der Waals surface area contributed by atoms with Crippen molar-refractivity contribution in [2.45, 2.75) is 58.0 Å². The number of aryl methyl sites for hydroxylation is 1. The number of nitrogens with zero attached hydrogens (tertiary/aromatic N) is 2. The quantitative estimate of drug-likeness (QED) is 0.841. The summed E-state index contributed by atoms with van der Waals surface area (Å²) in [7, 11) is 0. The number of anilines is 1. The van der Waals surface area contributed by atoms with Gasteiger partial charge in [-0.05, 0) is 38.2 Å². The molecule has 94 valence electrons. The first-order valence-corrected chi connectivity index (χ1v) is 6.44. The Labute approximate surface area is 103 Å². The fourth-order valence-corrected chi connectivity index (χ4v) is 2.29. The Hall–Kier alpha value is -1.16. The second-order valence-corrected chi connectivity index (χ2v) is 5.26. The van der Waals surface area contributed by atoms with Crippen LogP contribution in [0.4, 0.5) is 5.95 Å². The summed E-state index contributed by atoms with van der Waals surface area (Å²) >= 11 is 0. The molecule has 1 aromatic rings. The Bertz CT molecular complexity index is 389. The predicted molar refractivity (Wildman–Crippen MR) is 70.1 cm³/mol. The molecule has 1 aliphatic rings. The Balaban J connectivity index is 2.15. The molecule has 0 bridgehead atoms. The first-order chi connectivity index (χ1) is 8.06. The van der Waals surface area contributed by atoms with Gasteiger partial charge in [-0.3, -0.25) is 0 Å².